The summed E-state index contributed by atoms with van der Waals surface area (Å²) in [6.45, 7) is 0.852. The van der Waals surface area contributed by atoms with Gasteiger partial charge in [0.25, 0.3) is 0 Å². The number of benzene rings is 1. The van der Waals surface area contributed by atoms with Gasteiger partial charge in [-0.2, -0.15) is 14.0 Å². The zero-order valence-corrected chi connectivity index (χ0v) is 11.0. The Hall–Kier alpha value is -2.16. The number of halogens is 2. The van der Waals surface area contributed by atoms with Crippen molar-refractivity contribution >= 4 is 5.97 Å². The Balaban J connectivity index is 2.73. The van der Waals surface area contributed by atoms with Crippen LogP contribution in [0.1, 0.15) is 13.3 Å². The molecule has 0 radical (unpaired) electrons. The van der Waals surface area contributed by atoms with Crippen molar-refractivity contribution < 1.29 is 23.0 Å². The summed E-state index contributed by atoms with van der Waals surface area (Å²) in [5.74, 6) is -6.53. The van der Waals surface area contributed by atoms with Crippen LogP contribution < -0.4 is 4.74 Å². The van der Waals surface area contributed by atoms with Gasteiger partial charge in [-0.3, -0.25) is 0 Å². The van der Waals surface area contributed by atoms with E-state index in [1.54, 1.807) is 36.4 Å². The Morgan fingerprint density at radius 2 is 2.05 bits per heavy atom. The summed E-state index contributed by atoms with van der Waals surface area (Å²) in [4.78, 5) is 11.3. The fourth-order valence-corrected chi connectivity index (χ4v) is 1.51. The van der Waals surface area contributed by atoms with Crippen LogP contribution in [0.3, 0.4) is 0 Å². The van der Waals surface area contributed by atoms with Gasteiger partial charge in [-0.1, -0.05) is 18.2 Å². The first-order valence-corrected chi connectivity index (χ1v) is 6.12. The lowest BCUT2D eigenvalue weighted by Crippen LogP contribution is -2.41. The molecule has 1 aromatic rings. The third-order valence-electron chi connectivity index (χ3n) is 2.59. The molecule has 0 aliphatic heterocycles. The summed E-state index contributed by atoms with van der Waals surface area (Å²) in [5.41, 5.74) is 0. The molecule has 0 N–H and O–H groups in total. The van der Waals surface area contributed by atoms with Crippen LogP contribution >= 0.6 is 0 Å². The van der Waals surface area contributed by atoms with Crippen LogP contribution in [-0.2, 0) is 9.53 Å². The van der Waals surface area contributed by atoms with Crippen molar-refractivity contribution in [3.05, 3.63) is 30.3 Å². The van der Waals surface area contributed by atoms with Crippen molar-refractivity contribution in [2.75, 3.05) is 13.2 Å². The number of para-hydroxylation sites is 1. The number of rotatable bonds is 7. The van der Waals surface area contributed by atoms with Gasteiger partial charge in [0.05, 0.1) is 25.2 Å². The number of hydrogen-bond acceptors (Lipinski definition) is 4. The molecule has 0 spiro atoms. The minimum atomic E-state index is -3.75. The summed E-state index contributed by atoms with van der Waals surface area (Å²) >= 11 is 0. The van der Waals surface area contributed by atoms with Gasteiger partial charge in [0.2, 0.25) is 0 Å². The van der Waals surface area contributed by atoms with Gasteiger partial charge in [-0.25, -0.2) is 4.79 Å². The number of carbonyl (C=O) groups is 1. The maximum Gasteiger partial charge on any atom is 0.377 e. The van der Waals surface area contributed by atoms with Gasteiger partial charge in [-0.15, -0.1) is 0 Å². The minimum Gasteiger partial charge on any atom is -0.493 e. The third-order valence-corrected chi connectivity index (χ3v) is 2.59. The summed E-state index contributed by atoms with van der Waals surface area (Å²) in [6.07, 6.45) is -0.501. The Kier molecular flexibility index (Phi) is 5.91. The van der Waals surface area contributed by atoms with Crippen molar-refractivity contribution in [1.82, 2.24) is 0 Å². The topological polar surface area (TPSA) is 59.3 Å². The lowest BCUT2D eigenvalue weighted by molar-refractivity contribution is -0.181. The molecule has 1 unspecified atom stereocenters. The van der Waals surface area contributed by atoms with Gasteiger partial charge >= 0.3 is 11.9 Å². The Labute approximate surface area is 115 Å². The summed E-state index contributed by atoms with van der Waals surface area (Å²) < 4.78 is 37.2. The Bertz CT molecular complexity index is 471. The van der Waals surface area contributed by atoms with Gasteiger partial charge in [-0.05, 0) is 19.1 Å². The van der Waals surface area contributed by atoms with Crippen molar-refractivity contribution in [3.8, 4) is 11.8 Å². The molecule has 0 fully saturated rings. The highest BCUT2D eigenvalue weighted by atomic mass is 19.3. The number of nitrogens with zero attached hydrogens (tertiary/aromatic N) is 1. The van der Waals surface area contributed by atoms with Crippen LogP contribution in [0.4, 0.5) is 8.78 Å². The van der Waals surface area contributed by atoms with E-state index in [0.717, 1.165) is 0 Å². The number of nitriles is 1. The highest BCUT2D eigenvalue weighted by molar-refractivity contribution is 5.78. The second kappa shape index (κ2) is 7.43. The molecule has 0 aliphatic rings. The maximum absolute atomic E-state index is 13.9. The molecule has 0 bridgehead atoms. The fourth-order valence-electron chi connectivity index (χ4n) is 1.51. The minimum absolute atomic E-state index is 0.146. The van der Waals surface area contributed by atoms with Crippen molar-refractivity contribution in [2.24, 2.45) is 5.92 Å². The molecule has 0 saturated heterocycles. The van der Waals surface area contributed by atoms with Crippen LogP contribution in [0.5, 0.6) is 5.75 Å². The van der Waals surface area contributed by atoms with Gasteiger partial charge < -0.3 is 9.47 Å². The molecular formula is C14H15F2NO3. The largest absolute Gasteiger partial charge is 0.493 e. The van der Waals surface area contributed by atoms with E-state index in [1.165, 1.54) is 6.92 Å². The van der Waals surface area contributed by atoms with E-state index in [4.69, 9.17) is 10.00 Å². The van der Waals surface area contributed by atoms with Gasteiger partial charge in [0.15, 0.2) is 0 Å². The van der Waals surface area contributed by atoms with E-state index >= 15 is 0 Å². The van der Waals surface area contributed by atoms with Crippen LogP contribution in [0.25, 0.3) is 0 Å². The second-order valence-corrected chi connectivity index (χ2v) is 4.03. The average molecular weight is 283 g/mol. The van der Waals surface area contributed by atoms with E-state index in [-0.39, 0.29) is 6.61 Å². The number of alkyl halides is 2. The third kappa shape index (κ3) is 4.19. The van der Waals surface area contributed by atoms with Crippen LogP contribution in [0.2, 0.25) is 0 Å². The molecule has 1 aromatic carbocycles. The molecular weight excluding hydrogens is 268 g/mol. The van der Waals surface area contributed by atoms with Crippen LogP contribution in [-0.4, -0.2) is 25.1 Å². The molecule has 20 heavy (non-hydrogen) atoms. The number of ether oxygens (including phenoxy) is 2. The zero-order chi connectivity index (χ0) is 15.0. The molecule has 6 heteroatoms. The molecule has 1 rings (SSSR count). The summed E-state index contributed by atoms with van der Waals surface area (Å²) in [7, 11) is 0. The van der Waals surface area contributed by atoms with E-state index in [1.807, 2.05) is 0 Å². The molecule has 0 aromatic heterocycles. The molecule has 0 heterocycles. The first kappa shape index (κ1) is 15.9. The fraction of sp³-hybridized carbons (Fsp3) is 0.429. The first-order valence-electron chi connectivity index (χ1n) is 6.12. The van der Waals surface area contributed by atoms with E-state index in [2.05, 4.69) is 4.74 Å². The quantitative estimate of drug-likeness (QED) is 0.722. The lowest BCUT2D eigenvalue weighted by Gasteiger charge is -2.23. The van der Waals surface area contributed by atoms with E-state index in [0.29, 0.717) is 5.75 Å². The SMILES string of the molecule is CCOC(=O)C(F)(F)C(CC#N)COc1ccccc1. The number of hydrogen-bond donors (Lipinski definition) is 0. The Morgan fingerprint density at radius 3 is 2.60 bits per heavy atom. The predicted octanol–water partition coefficient (Wildman–Crippen LogP) is 2.79. The summed E-state index contributed by atoms with van der Waals surface area (Å²) in [6, 6.07) is 9.99. The zero-order valence-electron chi connectivity index (χ0n) is 11.0. The highest BCUT2D eigenvalue weighted by Crippen LogP contribution is 2.29. The molecule has 0 saturated carbocycles. The van der Waals surface area contributed by atoms with E-state index in [9.17, 15) is 13.6 Å². The number of esters is 1. The van der Waals surface area contributed by atoms with Gasteiger partial charge in [0, 0.05) is 6.42 Å². The molecule has 4 nitrogen and oxygen atoms in total. The lowest BCUT2D eigenvalue weighted by atomic mass is 9.99. The molecule has 0 amide bonds. The smallest absolute Gasteiger partial charge is 0.377 e. The molecule has 108 valence electrons. The molecule has 1 atom stereocenters. The normalized spacial score (nSPS) is 12.3. The number of carbonyl (C=O) groups excluding carboxylic acids is 1. The molecule has 0 aliphatic carbocycles. The second-order valence-electron chi connectivity index (χ2n) is 4.03. The predicted molar refractivity (Wildman–Crippen MR) is 67.2 cm³/mol. The first-order chi connectivity index (χ1) is 9.52. The van der Waals surface area contributed by atoms with E-state index < -0.39 is 30.8 Å². The highest BCUT2D eigenvalue weighted by Gasteiger charge is 2.49. The monoisotopic (exact) mass is 283 g/mol. The standard InChI is InChI=1S/C14H15F2NO3/c1-2-19-13(18)14(15,16)11(8-9-17)10-20-12-6-4-3-5-7-12/h3-7,11H,2,8,10H2,1H3. The summed E-state index contributed by atoms with van der Waals surface area (Å²) in [5, 5.41) is 8.62. The Morgan fingerprint density at radius 1 is 1.40 bits per heavy atom. The van der Waals surface area contributed by atoms with Crippen LogP contribution in [0, 0.1) is 17.2 Å². The average Bonchev–Trinajstić information content (AvgIpc) is 2.44. The maximum atomic E-state index is 13.9. The van der Waals surface area contributed by atoms with Crippen molar-refractivity contribution in [1.29, 1.82) is 5.26 Å². The van der Waals surface area contributed by atoms with Crippen LogP contribution in [0.15, 0.2) is 30.3 Å². The van der Waals surface area contributed by atoms with Gasteiger partial charge in [0.1, 0.15) is 5.75 Å². The van der Waals surface area contributed by atoms with Crippen molar-refractivity contribution in [2.45, 2.75) is 19.3 Å². The van der Waals surface area contributed by atoms with Crippen molar-refractivity contribution in [3.63, 3.8) is 0 Å².